The molecule has 9 heteroatoms. The van der Waals surface area contributed by atoms with Gasteiger partial charge in [0.05, 0.1) is 17.3 Å². The first-order valence-corrected chi connectivity index (χ1v) is 12.6. The van der Waals surface area contributed by atoms with Crippen molar-refractivity contribution < 1.29 is 19.0 Å². The van der Waals surface area contributed by atoms with E-state index < -0.39 is 0 Å². The maximum Gasteiger partial charge on any atom is 0.228 e. The minimum atomic E-state index is 0.00874. The predicted molar refractivity (Wildman–Crippen MR) is 147 cm³/mol. The van der Waals surface area contributed by atoms with Gasteiger partial charge in [0.25, 0.3) is 0 Å². The van der Waals surface area contributed by atoms with Crippen molar-refractivity contribution in [2.45, 2.75) is 13.0 Å². The third-order valence-corrected chi connectivity index (χ3v) is 6.51. The Bertz CT molecular complexity index is 1340. The van der Waals surface area contributed by atoms with Crippen molar-refractivity contribution in [3.05, 3.63) is 79.1 Å². The zero-order valence-corrected chi connectivity index (χ0v) is 21.6. The van der Waals surface area contributed by atoms with Gasteiger partial charge in [-0.3, -0.25) is 4.79 Å². The molecule has 38 heavy (non-hydrogen) atoms. The second-order valence-electron chi connectivity index (χ2n) is 9.03. The van der Waals surface area contributed by atoms with Gasteiger partial charge in [-0.1, -0.05) is 18.2 Å². The first-order valence-electron chi connectivity index (χ1n) is 12.6. The topological polar surface area (TPSA) is 80.3 Å². The SMILES string of the molecule is COC(C)COc1ccc2c(N3CCN(N(C=O)c4ccc(Oc5ccccc5)cc4)CC3)ncnc2c1. The third kappa shape index (κ3) is 5.85. The van der Waals surface area contributed by atoms with Crippen molar-refractivity contribution >= 4 is 28.8 Å². The van der Waals surface area contributed by atoms with Crippen molar-refractivity contribution in [2.24, 2.45) is 0 Å². The average Bonchev–Trinajstić information content (AvgIpc) is 2.97. The largest absolute Gasteiger partial charge is 0.491 e. The van der Waals surface area contributed by atoms with Crippen LogP contribution in [-0.2, 0) is 9.53 Å². The van der Waals surface area contributed by atoms with Crippen LogP contribution in [0.5, 0.6) is 17.2 Å². The van der Waals surface area contributed by atoms with Crippen LogP contribution in [-0.4, -0.2) is 67.4 Å². The van der Waals surface area contributed by atoms with Gasteiger partial charge in [-0.05, 0) is 55.5 Å². The maximum atomic E-state index is 12.1. The Kier molecular flexibility index (Phi) is 7.96. The summed E-state index contributed by atoms with van der Waals surface area (Å²) in [7, 11) is 1.67. The summed E-state index contributed by atoms with van der Waals surface area (Å²) in [4.78, 5) is 23.3. The molecule has 9 nitrogen and oxygen atoms in total. The number of anilines is 2. The molecule has 0 aliphatic carbocycles. The van der Waals surface area contributed by atoms with E-state index in [1.54, 1.807) is 18.4 Å². The van der Waals surface area contributed by atoms with Gasteiger partial charge >= 0.3 is 0 Å². The molecular weight excluding hydrogens is 482 g/mol. The summed E-state index contributed by atoms with van der Waals surface area (Å²) in [5.41, 5.74) is 1.61. The molecule has 1 aliphatic rings. The van der Waals surface area contributed by atoms with Crippen LogP contribution in [0.4, 0.5) is 11.5 Å². The standard InChI is InChI=1S/C29H31N5O4/c1-22(36-2)19-37-26-12-13-27-28(18-26)30-20-31-29(27)32-14-16-33(17-15-32)34(21-35)23-8-10-25(11-9-23)38-24-6-4-3-5-7-24/h3-13,18,20-22H,14-17,19H2,1-2H3. The molecule has 0 bridgehead atoms. The van der Waals surface area contributed by atoms with Gasteiger partial charge in [-0.2, -0.15) is 0 Å². The molecule has 2 heterocycles. The molecule has 4 aromatic rings. The lowest BCUT2D eigenvalue weighted by molar-refractivity contribution is -0.110. The fraction of sp³-hybridized carbons (Fsp3) is 0.276. The fourth-order valence-electron chi connectivity index (χ4n) is 4.35. The number of nitrogens with zero attached hydrogens (tertiary/aromatic N) is 5. The molecule has 1 amide bonds. The summed E-state index contributed by atoms with van der Waals surface area (Å²) in [5, 5.41) is 4.67. The number of carbonyl (C=O) groups is 1. The summed E-state index contributed by atoms with van der Waals surface area (Å²) in [6.45, 7) is 5.20. The molecular formula is C29H31N5O4. The molecule has 3 aromatic carbocycles. The van der Waals surface area contributed by atoms with E-state index in [9.17, 15) is 4.79 Å². The quantitative estimate of drug-likeness (QED) is 0.286. The van der Waals surface area contributed by atoms with Crippen LogP contribution in [0.1, 0.15) is 6.92 Å². The number of fused-ring (bicyclic) bond motifs is 1. The Morgan fingerprint density at radius 1 is 0.921 bits per heavy atom. The van der Waals surface area contributed by atoms with Crippen LogP contribution in [0.3, 0.4) is 0 Å². The van der Waals surface area contributed by atoms with E-state index >= 15 is 0 Å². The smallest absolute Gasteiger partial charge is 0.228 e. The normalized spacial score (nSPS) is 14.7. The van der Waals surface area contributed by atoms with Crippen LogP contribution in [0, 0.1) is 0 Å². The van der Waals surface area contributed by atoms with E-state index in [4.69, 9.17) is 14.2 Å². The molecule has 0 saturated carbocycles. The molecule has 0 radical (unpaired) electrons. The molecule has 1 unspecified atom stereocenters. The van der Waals surface area contributed by atoms with Crippen molar-refractivity contribution in [3.8, 4) is 17.2 Å². The van der Waals surface area contributed by atoms with Crippen LogP contribution >= 0.6 is 0 Å². The molecule has 1 aliphatic heterocycles. The molecule has 5 rings (SSSR count). The van der Waals surface area contributed by atoms with Crippen LogP contribution in [0.25, 0.3) is 10.9 Å². The van der Waals surface area contributed by atoms with Gasteiger partial charge in [-0.15, -0.1) is 0 Å². The summed E-state index contributed by atoms with van der Waals surface area (Å²) in [5.74, 6) is 3.11. The Morgan fingerprint density at radius 3 is 2.34 bits per heavy atom. The van der Waals surface area contributed by atoms with Crippen molar-refractivity contribution in [3.63, 3.8) is 0 Å². The Balaban J connectivity index is 1.23. The van der Waals surface area contributed by atoms with E-state index in [0.29, 0.717) is 25.4 Å². The van der Waals surface area contributed by atoms with Crippen LogP contribution < -0.4 is 19.4 Å². The van der Waals surface area contributed by atoms with Gasteiger partial charge in [0, 0.05) is 44.7 Å². The number of carbonyl (C=O) groups excluding carboxylic acids is 1. The zero-order chi connectivity index (χ0) is 26.3. The number of para-hydroxylation sites is 1. The molecule has 0 spiro atoms. The summed E-state index contributed by atoms with van der Waals surface area (Å²) in [6, 6.07) is 23.0. The molecule has 1 aromatic heterocycles. The first-order chi connectivity index (χ1) is 18.6. The van der Waals surface area contributed by atoms with Crippen LogP contribution in [0.15, 0.2) is 79.1 Å². The summed E-state index contributed by atoms with van der Waals surface area (Å²) >= 11 is 0. The summed E-state index contributed by atoms with van der Waals surface area (Å²) in [6.07, 6.45) is 2.45. The maximum absolute atomic E-state index is 12.1. The molecule has 0 N–H and O–H groups in total. The highest BCUT2D eigenvalue weighted by atomic mass is 16.5. The van der Waals surface area contributed by atoms with Gasteiger partial charge < -0.3 is 19.1 Å². The lowest BCUT2D eigenvalue weighted by Gasteiger charge is -2.39. The van der Waals surface area contributed by atoms with Gasteiger partial charge in [-0.25, -0.2) is 20.0 Å². The van der Waals surface area contributed by atoms with Gasteiger partial charge in [0.15, 0.2) is 0 Å². The Labute approximate surface area is 222 Å². The lowest BCUT2D eigenvalue weighted by Crippen LogP contribution is -2.54. The highest BCUT2D eigenvalue weighted by molar-refractivity contribution is 5.90. The first kappa shape index (κ1) is 25.4. The number of amides is 1. The van der Waals surface area contributed by atoms with E-state index in [0.717, 1.165) is 53.4 Å². The number of hydrogen-bond donors (Lipinski definition) is 0. The number of rotatable bonds is 10. The highest BCUT2D eigenvalue weighted by Crippen LogP contribution is 2.29. The lowest BCUT2D eigenvalue weighted by atomic mass is 10.2. The highest BCUT2D eigenvalue weighted by Gasteiger charge is 2.24. The monoisotopic (exact) mass is 513 g/mol. The van der Waals surface area contributed by atoms with E-state index in [1.165, 1.54) is 0 Å². The Hall–Kier alpha value is -4.21. The average molecular weight is 514 g/mol. The minimum absolute atomic E-state index is 0.00874. The molecule has 1 atom stereocenters. The van der Waals surface area contributed by atoms with Gasteiger partial charge in [0.2, 0.25) is 6.41 Å². The number of aromatic nitrogens is 2. The second-order valence-corrected chi connectivity index (χ2v) is 9.03. The minimum Gasteiger partial charge on any atom is -0.491 e. The van der Waals surface area contributed by atoms with Crippen molar-refractivity contribution in [2.75, 3.05) is 49.8 Å². The number of benzene rings is 3. The van der Waals surface area contributed by atoms with E-state index in [-0.39, 0.29) is 6.10 Å². The number of hydrazine groups is 1. The molecule has 1 saturated heterocycles. The number of piperazine rings is 1. The predicted octanol–water partition coefficient (Wildman–Crippen LogP) is 4.54. The molecule has 196 valence electrons. The second kappa shape index (κ2) is 11.9. The number of ether oxygens (including phenoxy) is 3. The van der Waals surface area contributed by atoms with E-state index in [1.807, 2.05) is 84.7 Å². The molecule has 1 fully saturated rings. The Morgan fingerprint density at radius 2 is 1.63 bits per heavy atom. The van der Waals surface area contributed by atoms with Crippen molar-refractivity contribution in [1.82, 2.24) is 15.0 Å². The van der Waals surface area contributed by atoms with Crippen LogP contribution in [0.2, 0.25) is 0 Å². The number of hydrogen-bond acceptors (Lipinski definition) is 8. The number of methoxy groups -OCH3 is 1. The fourth-order valence-corrected chi connectivity index (χ4v) is 4.35. The zero-order valence-electron chi connectivity index (χ0n) is 21.6. The summed E-state index contributed by atoms with van der Waals surface area (Å²) < 4.78 is 17.0. The third-order valence-electron chi connectivity index (χ3n) is 6.51. The van der Waals surface area contributed by atoms with Gasteiger partial charge in [0.1, 0.15) is 36.0 Å². The van der Waals surface area contributed by atoms with E-state index in [2.05, 4.69) is 14.9 Å². The van der Waals surface area contributed by atoms with Crippen molar-refractivity contribution in [1.29, 1.82) is 0 Å².